The van der Waals surface area contributed by atoms with Gasteiger partial charge < -0.3 is 15.4 Å². The van der Waals surface area contributed by atoms with E-state index in [0.717, 1.165) is 21.7 Å². The minimum absolute atomic E-state index is 0.0554. The average Bonchev–Trinajstić information content (AvgIpc) is 2.73. The zero-order chi connectivity index (χ0) is 20.8. The first-order valence-electron chi connectivity index (χ1n) is 9.49. The second-order valence-electron chi connectivity index (χ2n) is 6.76. The maximum absolute atomic E-state index is 12.5. The van der Waals surface area contributed by atoms with E-state index >= 15 is 0 Å². The number of hydrogen-bond acceptors (Lipinski definition) is 3. The summed E-state index contributed by atoms with van der Waals surface area (Å²) in [6.07, 6.45) is 0.828. The van der Waals surface area contributed by atoms with Gasteiger partial charge in [0, 0.05) is 6.04 Å². The highest BCUT2D eigenvalue weighted by Crippen LogP contribution is 2.33. The van der Waals surface area contributed by atoms with Gasteiger partial charge in [-0.05, 0) is 58.2 Å². The lowest BCUT2D eigenvalue weighted by atomic mass is 10.1. The molecule has 1 atom stereocenters. The number of benzene rings is 3. The van der Waals surface area contributed by atoms with Crippen LogP contribution < -0.4 is 15.4 Å². The molecule has 3 rings (SSSR count). The largest absolute Gasteiger partial charge is 0.483 e. The summed E-state index contributed by atoms with van der Waals surface area (Å²) in [5, 5.41) is 7.78. The zero-order valence-corrected chi connectivity index (χ0v) is 18.0. The van der Waals surface area contributed by atoms with Gasteiger partial charge in [0.1, 0.15) is 5.75 Å². The Morgan fingerprint density at radius 2 is 1.76 bits per heavy atom. The average molecular weight is 455 g/mol. The number of ether oxygens (including phenoxy) is 1. The van der Waals surface area contributed by atoms with Crippen LogP contribution in [0, 0.1) is 0 Å². The summed E-state index contributed by atoms with van der Waals surface area (Å²) in [7, 11) is 0. The molecule has 0 aliphatic rings. The maximum Gasteiger partial charge on any atom is 0.262 e. The summed E-state index contributed by atoms with van der Waals surface area (Å²) in [6, 6.07) is 18.7. The van der Waals surface area contributed by atoms with Gasteiger partial charge in [-0.3, -0.25) is 9.59 Å². The van der Waals surface area contributed by atoms with Crippen LogP contribution in [-0.2, 0) is 4.79 Å². The molecule has 2 N–H and O–H groups in total. The van der Waals surface area contributed by atoms with Gasteiger partial charge in [-0.2, -0.15) is 0 Å². The van der Waals surface area contributed by atoms with Crippen molar-refractivity contribution in [2.45, 2.75) is 26.3 Å². The predicted octanol–water partition coefficient (Wildman–Crippen LogP) is 5.15. The van der Waals surface area contributed by atoms with Gasteiger partial charge in [-0.1, -0.05) is 49.4 Å². The second kappa shape index (κ2) is 9.56. The Morgan fingerprint density at radius 1 is 1.03 bits per heavy atom. The van der Waals surface area contributed by atoms with Crippen LogP contribution in [0.4, 0.5) is 5.69 Å². The van der Waals surface area contributed by atoms with Crippen LogP contribution in [0.3, 0.4) is 0 Å². The van der Waals surface area contributed by atoms with Crippen molar-refractivity contribution in [1.29, 1.82) is 0 Å². The van der Waals surface area contributed by atoms with Crippen LogP contribution in [0.2, 0.25) is 0 Å². The van der Waals surface area contributed by atoms with Gasteiger partial charge >= 0.3 is 0 Å². The van der Waals surface area contributed by atoms with E-state index in [4.69, 9.17) is 4.74 Å². The van der Waals surface area contributed by atoms with E-state index < -0.39 is 0 Å². The van der Waals surface area contributed by atoms with Gasteiger partial charge in [0.2, 0.25) is 0 Å². The Hall–Kier alpha value is -2.86. The van der Waals surface area contributed by atoms with E-state index in [1.54, 1.807) is 24.3 Å². The van der Waals surface area contributed by atoms with Gasteiger partial charge in [-0.25, -0.2) is 0 Å². The lowest BCUT2D eigenvalue weighted by Gasteiger charge is -2.15. The monoisotopic (exact) mass is 454 g/mol. The molecule has 3 aromatic carbocycles. The van der Waals surface area contributed by atoms with E-state index in [1.165, 1.54) is 0 Å². The summed E-state index contributed by atoms with van der Waals surface area (Å²) in [5.74, 6) is 0.0314. The number of nitrogens with one attached hydrogen (secondary N) is 2. The molecular formula is C23H23BrN2O3. The second-order valence-corrected chi connectivity index (χ2v) is 7.56. The van der Waals surface area contributed by atoms with E-state index in [0.29, 0.717) is 17.0 Å². The maximum atomic E-state index is 12.5. The fourth-order valence-electron chi connectivity index (χ4n) is 2.85. The molecule has 0 aliphatic heterocycles. The van der Waals surface area contributed by atoms with Crippen molar-refractivity contribution in [2.75, 3.05) is 11.9 Å². The first kappa shape index (κ1) is 20.9. The summed E-state index contributed by atoms with van der Waals surface area (Å²) in [6.45, 7) is 3.77. The molecule has 0 bridgehead atoms. The molecule has 0 radical (unpaired) electrons. The molecule has 5 nitrogen and oxygen atoms in total. The van der Waals surface area contributed by atoms with E-state index in [9.17, 15) is 9.59 Å². The van der Waals surface area contributed by atoms with Crippen molar-refractivity contribution in [3.8, 4) is 5.75 Å². The first-order chi connectivity index (χ1) is 14.0. The van der Waals surface area contributed by atoms with E-state index in [1.807, 2.05) is 50.2 Å². The smallest absolute Gasteiger partial charge is 0.262 e. The molecule has 0 aromatic heterocycles. The fourth-order valence-corrected chi connectivity index (χ4v) is 3.46. The van der Waals surface area contributed by atoms with Gasteiger partial charge in [-0.15, -0.1) is 0 Å². The predicted molar refractivity (Wildman–Crippen MR) is 119 cm³/mol. The first-order valence-corrected chi connectivity index (χ1v) is 10.3. The minimum atomic E-state index is -0.339. The van der Waals surface area contributed by atoms with E-state index in [2.05, 4.69) is 26.6 Å². The normalized spacial score (nSPS) is 11.7. The molecule has 0 heterocycles. The Bertz CT molecular complexity index is 1040. The molecular weight excluding hydrogens is 432 g/mol. The van der Waals surface area contributed by atoms with Crippen molar-refractivity contribution in [3.05, 3.63) is 70.7 Å². The zero-order valence-electron chi connectivity index (χ0n) is 16.4. The van der Waals surface area contributed by atoms with Crippen LogP contribution in [0.5, 0.6) is 5.75 Å². The Balaban J connectivity index is 1.68. The number of anilines is 1. The van der Waals surface area contributed by atoms with Crippen LogP contribution >= 0.6 is 15.9 Å². The molecule has 3 aromatic rings. The molecule has 6 heteroatoms. The minimum Gasteiger partial charge on any atom is -0.483 e. The fraction of sp³-hybridized carbons (Fsp3) is 0.217. The number of carbonyl (C=O) groups is 2. The Labute approximate surface area is 178 Å². The van der Waals surface area contributed by atoms with Crippen molar-refractivity contribution in [1.82, 2.24) is 5.32 Å². The van der Waals surface area contributed by atoms with Crippen LogP contribution in [0.25, 0.3) is 10.8 Å². The molecule has 2 amide bonds. The van der Waals surface area contributed by atoms with Gasteiger partial charge in [0.15, 0.2) is 6.61 Å². The molecule has 0 aliphatic carbocycles. The third-order valence-corrected chi connectivity index (χ3v) is 5.44. The highest BCUT2D eigenvalue weighted by Gasteiger charge is 2.15. The summed E-state index contributed by atoms with van der Waals surface area (Å²) >= 11 is 3.55. The lowest BCUT2D eigenvalue weighted by molar-refractivity contribution is -0.118. The van der Waals surface area contributed by atoms with Crippen LogP contribution in [-0.4, -0.2) is 24.5 Å². The van der Waals surface area contributed by atoms with Crippen molar-refractivity contribution < 1.29 is 14.3 Å². The summed E-state index contributed by atoms with van der Waals surface area (Å²) < 4.78 is 6.50. The van der Waals surface area contributed by atoms with Gasteiger partial charge in [0.25, 0.3) is 11.8 Å². The topological polar surface area (TPSA) is 67.4 Å². The molecule has 0 unspecified atom stereocenters. The number of halogens is 1. The molecule has 0 spiro atoms. The van der Waals surface area contributed by atoms with Crippen molar-refractivity contribution >= 4 is 44.2 Å². The number of fused-ring (bicyclic) bond motifs is 1. The standard InChI is InChI=1S/C23H23BrN2O3/c1-3-15(2)25-23(28)18-10-6-7-11-19(18)26-21(27)14-29-20-13-12-16-8-4-5-9-17(16)22(20)24/h4-13,15H,3,14H2,1-2H3,(H,25,28)(H,26,27)/t15-/m1/s1. The summed E-state index contributed by atoms with van der Waals surface area (Å²) in [4.78, 5) is 24.9. The number of amides is 2. The number of hydrogen-bond donors (Lipinski definition) is 2. The van der Waals surface area contributed by atoms with Crippen LogP contribution in [0.1, 0.15) is 30.6 Å². The lowest BCUT2D eigenvalue weighted by Crippen LogP contribution is -2.33. The van der Waals surface area contributed by atoms with Crippen molar-refractivity contribution in [2.24, 2.45) is 0 Å². The Kier molecular flexibility index (Phi) is 6.88. The molecule has 150 valence electrons. The molecule has 0 fully saturated rings. The Morgan fingerprint density at radius 3 is 2.55 bits per heavy atom. The number of rotatable bonds is 7. The number of carbonyl (C=O) groups excluding carboxylic acids is 2. The third-order valence-electron chi connectivity index (χ3n) is 4.62. The number of para-hydroxylation sites is 1. The van der Waals surface area contributed by atoms with Crippen LogP contribution in [0.15, 0.2) is 65.1 Å². The highest BCUT2D eigenvalue weighted by atomic mass is 79.9. The highest BCUT2D eigenvalue weighted by molar-refractivity contribution is 9.10. The quantitative estimate of drug-likeness (QED) is 0.518. The summed E-state index contributed by atoms with van der Waals surface area (Å²) in [5.41, 5.74) is 0.882. The SMILES string of the molecule is CC[C@@H](C)NC(=O)c1ccccc1NC(=O)COc1ccc2ccccc2c1Br. The van der Waals surface area contributed by atoms with E-state index in [-0.39, 0.29) is 24.5 Å². The van der Waals surface area contributed by atoms with Crippen molar-refractivity contribution in [3.63, 3.8) is 0 Å². The molecule has 0 saturated carbocycles. The molecule has 29 heavy (non-hydrogen) atoms. The third kappa shape index (κ3) is 5.15. The van der Waals surface area contributed by atoms with Gasteiger partial charge in [0.05, 0.1) is 15.7 Å². The molecule has 0 saturated heterocycles.